The smallest absolute Gasteiger partial charge is 0.265 e. The van der Waals surface area contributed by atoms with Crippen molar-refractivity contribution in [1.29, 1.82) is 0 Å². The van der Waals surface area contributed by atoms with E-state index < -0.39 is 21.7 Å². The van der Waals surface area contributed by atoms with Crippen molar-refractivity contribution in [2.45, 2.75) is 11.8 Å². The highest BCUT2D eigenvalue weighted by Gasteiger charge is 2.18. The molecule has 2 N–H and O–H groups in total. The van der Waals surface area contributed by atoms with E-state index in [9.17, 15) is 22.4 Å². The molecule has 0 bridgehead atoms. The lowest BCUT2D eigenvalue weighted by Crippen LogP contribution is -2.30. The van der Waals surface area contributed by atoms with Crippen LogP contribution in [0.5, 0.6) is 0 Å². The van der Waals surface area contributed by atoms with Crippen LogP contribution >= 0.6 is 0 Å². The topological polar surface area (TPSA) is 92.3 Å². The third kappa shape index (κ3) is 4.36. The van der Waals surface area contributed by atoms with Crippen LogP contribution < -0.4 is 10.0 Å². The highest BCUT2D eigenvalue weighted by atomic mass is 32.2. The molecule has 23 heavy (non-hydrogen) atoms. The number of carbonyl (C=O) groups is 2. The van der Waals surface area contributed by atoms with Crippen molar-refractivity contribution >= 4 is 27.5 Å². The summed E-state index contributed by atoms with van der Waals surface area (Å²) in [5.41, 5.74) is 0.450. The third-order valence-corrected chi connectivity index (χ3v) is 4.17. The number of sulfonamides is 1. The molecule has 120 valence electrons. The van der Waals surface area contributed by atoms with Crippen molar-refractivity contribution < 1.29 is 22.4 Å². The second-order valence-electron chi connectivity index (χ2n) is 4.65. The summed E-state index contributed by atoms with van der Waals surface area (Å²) in [6.45, 7) is 1.33. The molecule has 0 unspecified atom stereocenters. The van der Waals surface area contributed by atoms with Crippen molar-refractivity contribution in [3.05, 3.63) is 59.9 Å². The van der Waals surface area contributed by atoms with Gasteiger partial charge in [-0.2, -0.15) is 0 Å². The molecule has 0 saturated carbocycles. The van der Waals surface area contributed by atoms with Crippen molar-refractivity contribution in [1.82, 2.24) is 4.72 Å². The number of amides is 2. The highest BCUT2D eigenvalue weighted by Crippen LogP contribution is 2.14. The van der Waals surface area contributed by atoms with E-state index in [4.69, 9.17) is 0 Å². The van der Waals surface area contributed by atoms with E-state index in [-0.39, 0.29) is 16.4 Å². The van der Waals surface area contributed by atoms with Gasteiger partial charge in [0.25, 0.3) is 15.9 Å². The van der Waals surface area contributed by atoms with E-state index in [2.05, 4.69) is 5.32 Å². The summed E-state index contributed by atoms with van der Waals surface area (Å²) in [6.07, 6.45) is 0. The Morgan fingerprint density at radius 3 is 2.04 bits per heavy atom. The van der Waals surface area contributed by atoms with Gasteiger partial charge < -0.3 is 5.32 Å². The fraction of sp³-hybridized carbons (Fsp3) is 0.0667. The third-order valence-electron chi connectivity index (χ3n) is 2.82. The summed E-state index contributed by atoms with van der Waals surface area (Å²) in [4.78, 5) is 22.7. The Morgan fingerprint density at radius 1 is 0.957 bits per heavy atom. The molecular formula is C15H13FN2O4S. The fourth-order valence-corrected chi connectivity index (χ4v) is 2.74. The minimum Gasteiger partial charge on any atom is -0.326 e. The average Bonchev–Trinajstić information content (AvgIpc) is 2.47. The Kier molecular flexibility index (Phi) is 4.75. The fourth-order valence-electron chi connectivity index (χ4n) is 1.76. The Balaban J connectivity index is 2.16. The standard InChI is InChI=1S/C15H13FN2O4S/c1-10(19)17-13-6-8-14(9-7-13)23(21,22)18-15(20)11-2-4-12(16)5-3-11/h2-9H,1H3,(H,17,19)(H,18,20). The first kappa shape index (κ1) is 16.6. The Bertz CT molecular complexity index is 831. The minimum atomic E-state index is -4.07. The number of benzene rings is 2. The molecule has 0 aromatic heterocycles. The lowest BCUT2D eigenvalue weighted by atomic mass is 10.2. The van der Waals surface area contributed by atoms with Crippen LogP contribution in [0.1, 0.15) is 17.3 Å². The zero-order chi connectivity index (χ0) is 17.0. The predicted octanol–water partition coefficient (Wildman–Crippen LogP) is 1.90. The highest BCUT2D eigenvalue weighted by molar-refractivity contribution is 7.90. The van der Waals surface area contributed by atoms with Crippen molar-refractivity contribution in [2.24, 2.45) is 0 Å². The summed E-state index contributed by atoms with van der Waals surface area (Å²) in [6, 6.07) is 9.79. The van der Waals surface area contributed by atoms with Crippen LogP contribution in [0.25, 0.3) is 0 Å². The van der Waals surface area contributed by atoms with Gasteiger partial charge in [0.15, 0.2) is 0 Å². The van der Waals surface area contributed by atoms with E-state index in [1.165, 1.54) is 43.3 Å². The second kappa shape index (κ2) is 6.57. The molecule has 2 aromatic rings. The van der Waals surface area contributed by atoms with Crippen LogP contribution in [0.15, 0.2) is 53.4 Å². The largest absolute Gasteiger partial charge is 0.326 e. The minimum absolute atomic E-state index is 0.0184. The number of rotatable bonds is 4. The molecule has 0 saturated heterocycles. The maximum absolute atomic E-state index is 12.8. The molecular weight excluding hydrogens is 323 g/mol. The summed E-state index contributed by atoms with van der Waals surface area (Å²) in [7, 11) is -4.07. The zero-order valence-electron chi connectivity index (χ0n) is 12.0. The Hall–Kier alpha value is -2.74. The molecule has 0 fully saturated rings. The quantitative estimate of drug-likeness (QED) is 0.892. The van der Waals surface area contributed by atoms with Gasteiger partial charge in [-0.1, -0.05) is 0 Å². The van der Waals surface area contributed by atoms with Crippen molar-refractivity contribution in [2.75, 3.05) is 5.32 Å². The van der Waals surface area contributed by atoms with Gasteiger partial charge in [-0.25, -0.2) is 17.5 Å². The number of nitrogens with one attached hydrogen (secondary N) is 2. The van der Waals surface area contributed by atoms with Crippen LogP contribution in [0.4, 0.5) is 10.1 Å². The van der Waals surface area contributed by atoms with Gasteiger partial charge in [-0.05, 0) is 48.5 Å². The van der Waals surface area contributed by atoms with Gasteiger partial charge in [-0.15, -0.1) is 0 Å². The van der Waals surface area contributed by atoms with E-state index in [0.717, 1.165) is 12.1 Å². The molecule has 2 rings (SSSR count). The van der Waals surface area contributed by atoms with Crippen LogP contribution in [0, 0.1) is 5.82 Å². The number of halogens is 1. The van der Waals surface area contributed by atoms with Crippen LogP contribution in [-0.2, 0) is 14.8 Å². The number of carbonyl (C=O) groups excluding carboxylic acids is 2. The van der Waals surface area contributed by atoms with E-state index in [1.807, 2.05) is 4.72 Å². The first-order chi connectivity index (χ1) is 10.8. The molecule has 0 heterocycles. The van der Waals surface area contributed by atoms with E-state index in [1.54, 1.807) is 0 Å². The van der Waals surface area contributed by atoms with Crippen molar-refractivity contribution in [3.8, 4) is 0 Å². The van der Waals surface area contributed by atoms with E-state index >= 15 is 0 Å². The average molecular weight is 336 g/mol. The summed E-state index contributed by atoms with van der Waals surface area (Å²) in [5, 5.41) is 2.50. The molecule has 0 aliphatic carbocycles. The zero-order valence-corrected chi connectivity index (χ0v) is 12.9. The molecule has 6 nitrogen and oxygen atoms in total. The number of anilines is 1. The Morgan fingerprint density at radius 2 is 1.52 bits per heavy atom. The van der Waals surface area contributed by atoms with Crippen LogP contribution in [0.2, 0.25) is 0 Å². The van der Waals surface area contributed by atoms with Crippen LogP contribution in [0.3, 0.4) is 0 Å². The van der Waals surface area contributed by atoms with Gasteiger partial charge >= 0.3 is 0 Å². The first-order valence-corrected chi connectivity index (χ1v) is 7.96. The molecule has 0 aliphatic rings. The molecule has 2 amide bonds. The monoisotopic (exact) mass is 336 g/mol. The summed E-state index contributed by atoms with van der Waals surface area (Å²) in [5.74, 6) is -1.68. The van der Waals surface area contributed by atoms with Crippen molar-refractivity contribution in [3.63, 3.8) is 0 Å². The van der Waals surface area contributed by atoms with E-state index in [0.29, 0.717) is 5.69 Å². The summed E-state index contributed by atoms with van der Waals surface area (Å²) >= 11 is 0. The molecule has 0 atom stereocenters. The van der Waals surface area contributed by atoms with Gasteiger partial charge in [0.2, 0.25) is 5.91 Å². The number of hydrogen-bond acceptors (Lipinski definition) is 4. The second-order valence-corrected chi connectivity index (χ2v) is 6.33. The van der Waals surface area contributed by atoms with Crippen LogP contribution in [-0.4, -0.2) is 20.2 Å². The van der Waals surface area contributed by atoms with Gasteiger partial charge in [0.05, 0.1) is 4.90 Å². The molecule has 0 aliphatic heterocycles. The van der Waals surface area contributed by atoms with Gasteiger partial charge in [0.1, 0.15) is 5.82 Å². The normalized spacial score (nSPS) is 10.9. The molecule has 0 spiro atoms. The molecule has 0 radical (unpaired) electrons. The predicted molar refractivity (Wildman–Crippen MR) is 81.8 cm³/mol. The molecule has 8 heteroatoms. The van der Waals surface area contributed by atoms with Gasteiger partial charge in [0, 0.05) is 18.2 Å². The lowest BCUT2D eigenvalue weighted by Gasteiger charge is -2.08. The molecule has 2 aromatic carbocycles. The maximum atomic E-state index is 12.8. The summed E-state index contributed by atoms with van der Waals surface area (Å²) < 4.78 is 38.9. The first-order valence-electron chi connectivity index (χ1n) is 6.48. The Labute approximate surface area is 132 Å². The lowest BCUT2D eigenvalue weighted by molar-refractivity contribution is -0.114. The SMILES string of the molecule is CC(=O)Nc1ccc(S(=O)(=O)NC(=O)c2ccc(F)cc2)cc1. The maximum Gasteiger partial charge on any atom is 0.265 e. The van der Waals surface area contributed by atoms with Gasteiger partial charge in [-0.3, -0.25) is 9.59 Å². The number of hydrogen-bond donors (Lipinski definition) is 2.